The van der Waals surface area contributed by atoms with E-state index in [-0.39, 0.29) is 11.3 Å². The summed E-state index contributed by atoms with van der Waals surface area (Å²) < 4.78 is 13.8. The van der Waals surface area contributed by atoms with Crippen LogP contribution in [0.5, 0.6) is 0 Å². The Labute approximate surface area is 111 Å². The van der Waals surface area contributed by atoms with Crippen molar-refractivity contribution in [2.24, 2.45) is 0 Å². The lowest BCUT2D eigenvalue weighted by Gasteiger charge is -2.33. The molecule has 0 aliphatic carbocycles. The summed E-state index contributed by atoms with van der Waals surface area (Å²) in [6.45, 7) is 3.70. The molecule has 98 valence electrons. The van der Waals surface area contributed by atoms with Crippen molar-refractivity contribution in [3.8, 4) is 0 Å². The molecule has 1 atom stereocenters. The second-order valence-electron chi connectivity index (χ2n) is 4.62. The van der Waals surface area contributed by atoms with Crippen molar-refractivity contribution >= 4 is 24.3 Å². The molecule has 2 rings (SSSR count). The molecule has 0 spiro atoms. The van der Waals surface area contributed by atoms with Gasteiger partial charge in [-0.25, -0.2) is 4.39 Å². The highest BCUT2D eigenvalue weighted by atomic mass is 32.2. The maximum atomic E-state index is 13.8. The Balaban J connectivity index is 2.09. The summed E-state index contributed by atoms with van der Waals surface area (Å²) in [4.78, 5) is 2.25. The molecule has 1 aromatic carbocycles. The molecule has 1 fully saturated rings. The van der Waals surface area contributed by atoms with E-state index < -0.39 is 7.12 Å². The zero-order valence-corrected chi connectivity index (χ0v) is 11.2. The molecule has 18 heavy (non-hydrogen) atoms. The van der Waals surface area contributed by atoms with E-state index in [9.17, 15) is 4.39 Å². The van der Waals surface area contributed by atoms with Crippen molar-refractivity contribution in [3.05, 3.63) is 29.6 Å². The van der Waals surface area contributed by atoms with E-state index in [0.717, 1.165) is 18.1 Å². The van der Waals surface area contributed by atoms with Crippen molar-refractivity contribution in [1.29, 1.82) is 0 Å². The van der Waals surface area contributed by atoms with Crippen LogP contribution in [-0.4, -0.2) is 46.2 Å². The van der Waals surface area contributed by atoms with Crippen LogP contribution >= 0.6 is 11.8 Å². The van der Waals surface area contributed by atoms with Crippen molar-refractivity contribution in [2.45, 2.75) is 19.5 Å². The summed E-state index contributed by atoms with van der Waals surface area (Å²) in [5, 5.41) is 18.0. The van der Waals surface area contributed by atoms with Gasteiger partial charge in [0.2, 0.25) is 0 Å². The van der Waals surface area contributed by atoms with Crippen LogP contribution < -0.4 is 5.46 Å². The summed E-state index contributed by atoms with van der Waals surface area (Å²) in [7, 11) is -1.61. The minimum atomic E-state index is -1.61. The Kier molecular flexibility index (Phi) is 4.67. The Morgan fingerprint density at radius 2 is 2.28 bits per heavy atom. The van der Waals surface area contributed by atoms with E-state index in [1.807, 2.05) is 11.8 Å². The fraction of sp³-hybridized carbons (Fsp3) is 0.500. The predicted octanol–water partition coefficient (Wildman–Crippen LogP) is 0.443. The van der Waals surface area contributed by atoms with E-state index >= 15 is 0 Å². The fourth-order valence-electron chi connectivity index (χ4n) is 2.07. The smallest absolute Gasteiger partial charge is 0.423 e. The molecule has 0 amide bonds. The normalized spacial score (nSPS) is 21.0. The van der Waals surface area contributed by atoms with Gasteiger partial charge in [-0.3, -0.25) is 4.90 Å². The monoisotopic (exact) mass is 269 g/mol. The average molecular weight is 269 g/mol. The van der Waals surface area contributed by atoms with Crippen molar-refractivity contribution < 1.29 is 14.4 Å². The number of benzene rings is 1. The van der Waals surface area contributed by atoms with E-state index in [4.69, 9.17) is 10.0 Å². The summed E-state index contributed by atoms with van der Waals surface area (Å²) in [5.41, 5.74) is 0.802. The fourth-order valence-corrected chi connectivity index (χ4v) is 3.15. The second-order valence-corrected chi connectivity index (χ2v) is 5.77. The van der Waals surface area contributed by atoms with Gasteiger partial charge in [0.05, 0.1) is 0 Å². The molecule has 1 aliphatic rings. The summed E-state index contributed by atoms with van der Waals surface area (Å²) in [5.74, 6) is 1.79. The van der Waals surface area contributed by atoms with Crippen LogP contribution in [0.2, 0.25) is 0 Å². The van der Waals surface area contributed by atoms with Crippen LogP contribution in [0.4, 0.5) is 4.39 Å². The number of thioether (sulfide) groups is 1. The third-order valence-corrected chi connectivity index (χ3v) is 4.44. The van der Waals surface area contributed by atoms with Gasteiger partial charge in [-0.15, -0.1) is 0 Å². The first kappa shape index (κ1) is 13.9. The maximum absolute atomic E-state index is 13.8. The topological polar surface area (TPSA) is 43.7 Å². The van der Waals surface area contributed by atoms with Crippen LogP contribution in [0.15, 0.2) is 18.2 Å². The largest absolute Gasteiger partial charge is 0.488 e. The van der Waals surface area contributed by atoms with Crippen LogP contribution in [-0.2, 0) is 6.54 Å². The van der Waals surface area contributed by atoms with Crippen LogP contribution in [0.3, 0.4) is 0 Å². The third-order valence-electron chi connectivity index (χ3n) is 3.25. The van der Waals surface area contributed by atoms with Gasteiger partial charge in [-0.1, -0.05) is 12.1 Å². The van der Waals surface area contributed by atoms with Gasteiger partial charge in [-0.05, 0) is 18.5 Å². The molecule has 1 aromatic rings. The van der Waals surface area contributed by atoms with Gasteiger partial charge in [0, 0.05) is 36.2 Å². The summed E-state index contributed by atoms with van der Waals surface area (Å²) >= 11 is 1.93. The molecular formula is C12H17BFNO2S. The van der Waals surface area contributed by atoms with Crippen molar-refractivity contribution in [3.63, 3.8) is 0 Å². The zero-order valence-electron chi connectivity index (χ0n) is 10.3. The number of halogens is 1. The SMILES string of the molecule is CC1CSCCN1Cc1ccc(B(O)O)cc1F. The van der Waals surface area contributed by atoms with Gasteiger partial charge in [0.25, 0.3) is 0 Å². The minimum Gasteiger partial charge on any atom is -0.423 e. The molecule has 1 unspecified atom stereocenters. The van der Waals surface area contributed by atoms with E-state index in [1.165, 1.54) is 6.07 Å². The van der Waals surface area contributed by atoms with Gasteiger partial charge in [0.15, 0.2) is 0 Å². The van der Waals surface area contributed by atoms with Crippen molar-refractivity contribution in [1.82, 2.24) is 4.90 Å². The first-order valence-corrected chi connectivity index (χ1v) is 7.19. The lowest BCUT2D eigenvalue weighted by atomic mass is 9.80. The molecule has 2 N–H and O–H groups in total. The Morgan fingerprint density at radius 1 is 1.50 bits per heavy atom. The van der Waals surface area contributed by atoms with Gasteiger partial charge < -0.3 is 10.0 Å². The highest BCUT2D eigenvalue weighted by molar-refractivity contribution is 7.99. The van der Waals surface area contributed by atoms with E-state index in [0.29, 0.717) is 18.2 Å². The Morgan fingerprint density at radius 3 is 2.89 bits per heavy atom. The Hall–Kier alpha value is -0.555. The third kappa shape index (κ3) is 3.26. The first-order chi connectivity index (χ1) is 8.58. The molecule has 0 bridgehead atoms. The average Bonchev–Trinajstić information content (AvgIpc) is 2.34. The predicted molar refractivity (Wildman–Crippen MR) is 73.4 cm³/mol. The molecule has 1 aliphatic heterocycles. The van der Waals surface area contributed by atoms with Gasteiger partial charge in [-0.2, -0.15) is 11.8 Å². The zero-order chi connectivity index (χ0) is 13.1. The van der Waals surface area contributed by atoms with E-state index in [2.05, 4.69) is 11.8 Å². The molecule has 6 heteroatoms. The molecular weight excluding hydrogens is 252 g/mol. The molecule has 1 heterocycles. The number of rotatable bonds is 3. The van der Waals surface area contributed by atoms with Gasteiger partial charge in [0.1, 0.15) is 5.82 Å². The van der Waals surface area contributed by atoms with Crippen LogP contribution in [0.1, 0.15) is 12.5 Å². The minimum absolute atomic E-state index is 0.193. The molecule has 0 radical (unpaired) electrons. The number of hydrogen-bond donors (Lipinski definition) is 2. The quantitative estimate of drug-likeness (QED) is 0.782. The number of hydrogen-bond acceptors (Lipinski definition) is 4. The Bertz CT molecular complexity index is 419. The molecule has 0 aromatic heterocycles. The van der Waals surface area contributed by atoms with Crippen molar-refractivity contribution in [2.75, 3.05) is 18.1 Å². The highest BCUT2D eigenvalue weighted by Gasteiger charge is 2.20. The summed E-state index contributed by atoms with van der Waals surface area (Å²) in [6.07, 6.45) is 0. The lowest BCUT2D eigenvalue weighted by Crippen LogP contribution is -2.40. The van der Waals surface area contributed by atoms with Crippen LogP contribution in [0.25, 0.3) is 0 Å². The maximum Gasteiger partial charge on any atom is 0.488 e. The van der Waals surface area contributed by atoms with Crippen LogP contribution in [0, 0.1) is 5.82 Å². The number of nitrogens with zero attached hydrogens (tertiary/aromatic N) is 1. The molecule has 0 saturated carbocycles. The molecule has 1 saturated heterocycles. The standard InChI is InChI=1S/C12H17BFNO2S/c1-9-8-18-5-4-15(9)7-10-2-3-11(13(16)17)6-12(10)14/h2-3,6,9,16-17H,4-5,7-8H2,1H3. The summed E-state index contributed by atoms with van der Waals surface area (Å²) in [6, 6.07) is 4.85. The first-order valence-electron chi connectivity index (χ1n) is 6.04. The van der Waals surface area contributed by atoms with Gasteiger partial charge >= 0.3 is 7.12 Å². The lowest BCUT2D eigenvalue weighted by molar-refractivity contribution is 0.221. The highest BCUT2D eigenvalue weighted by Crippen LogP contribution is 2.19. The second kappa shape index (κ2) is 6.06. The molecule has 3 nitrogen and oxygen atoms in total. The van der Waals surface area contributed by atoms with E-state index in [1.54, 1.807) is 12.1 Å².